The van der Waals surface area contributed by atoms with E-state index in [4.69, 9.17) is 0 Å². The fourth-order valence-corrected chi connectivity index (χ4v) is 4.47. The van der Waals surface area contributed by atoms with Crippen LogP contribution in [0.25, 0.3) is 17.1 Å². The van der Waals surface area contributed by atoms with Crippen molar-refractivity contribution in [3.05, 3.63) is 125 Å². The minimum Gasteiger partial charge on any atom is -0.372 e. The van der Waals surface area contributed by atoms with Gasteiger partial charge in [0, 0.05) is 0 Å². The molecule has 3 heterocycles. The van der Waals surface area contributed by atoms with Gasteiger partial charge in [-0.3, -0.25) is 0 Å². The Morgan fingerprint density at radius 1 is 0.404 bits per heavy atom. The van der Waals surface area contributed by atoms with Crippen LogP contribution in [0.5, 0.6) is 0 Å². The van der Waals surface area contributed by atoms with E-state index in [1.807, 2.05) is 0 Å². The molecule has 0 saturated heterocycles. The topological polar surface area (TPSA) is 112 Å². The first kappa shape index (κ1) is 31.4. The SMILES string of the molecule is OC(c1cn(-c2ccc(C(F)(F)F)cc2)nn1)(c1cn(-c2ccc(C(F)(F)F)cc2)nn1)c1cn(-c2ccc(C(F)(F)F)cc2)nn1. The standard InChI is InChI=1S/C28H16F9N9O/c29-26(30,31)16-1-7-19(8-2-16)44-13-22(38-41-44)25(47,23-14-45(42-39-23)20-9-3-17(4-10-20)27(32,33)34)24-15-46(43-40-24)21-11-5-18(6-12-21)28(35,36)37/h1-15,47H. The maximum absolute atomic E-state index is 13.1. The summed E-state index contributed by atoms with van der Waals surface area (Å²) < 4.78 is 121. The van der Waals surface area contributed by atoms with Gasteiger partial charge >= 0.3 is 18.5 Å². The minimum absolute atomic E-state index is 0.126. The molecule has 0 atom stereocenters. The lowest BCUT2D eigenvalue weighted by molar-refractivity contribution is -0.138. The lowest BCUT2D eigenvalue weighted by Crippen LogP contribution is -2.30. The van der Waals surface area contributed by atoms with Crippen LogP contribution in [-0.4, -0.2) is 50.1 Å². The number of aliphatic hydroxyl groups is 1. The summed E-state index contributed by atoms with van der Waals surface area (Å²) in [5.74, 6) is 0. The van der Waals surface area contributed by atoms with Gasteiger partial charge in [-0.05, 0) is 72.8 Å². The van der Waals surface area contributed by atoms with E-state index in [9.17, 15) is 44.6 Å². The Bertz CT molecular complexity index is 1780. The molecular weight excluding hydrogens is 649 g/mol. The van der Waals surface area contributed by atoms with Gasteiger partial charge in [0.2, 0.25) is 5.60 Å². The molecule has 0 unspecified atom stereocenters. The highest BCUT2D eigenvalue weighted by Gasteiger charge is 2.43. The van der Waals surface area contributed by atoms with Crippen molar-refractivity contribution in [3.8, 4) is 17.1 Å². The number of nitrogens with zero attached hydrogens (tertiary/aromatic N) is 9. The molecular formula is C28H16F9N9O. The Morgan fingerprint density at radius 2 is 0.638 bits per heavy atom. The number of hydrogen-bond donors (Lipinski definition) is 1. The van der Waals surface area contributed by atoms with Gasteiger partial charge in [0.1, 0.15) is 17.1 Å². The fraction of sp³-hybridized carbons (Fsp3) is 0.143. The van der Waals surface area contributed by atoms with Crippen molar-refractivity contribution < 1.29 is 44.6 Å². The molecule has 0 bridgehead atoms. The van der Waals surface area contributed by atoms with Crippen molar-refractivity contribution in [2.75, 3.05) is 0 Å². The van der Waals surface area contributed by atoms with Crippen LogP contribution in [-0.2, 0) is 24.1 Å². The van der Waals surface area contributed by atoms with Crippen molar-refractivity contribution in [1.82, 2.24) is 45.0 Å². The molecule has 0 saturated carbocycles. The van der Waals surface area contributed by atoms with E-state index >= 15 is 0 Å². The van der Waals surface area contributed by atoms with E-state index in [2.05, 4.69) is 30.9 Å². The van der Waals surface area contributed by atoms with E-state index in [0.29, 0.717) is 0 Å². The molecule has 10 nitrogen and oxygen atoms in total. The second kappa shape index (κ2) is 11.0. The summed E-state index contributed by atoms with van der Waals surface area (Å²) >= 11 is 0. The molecule has 6 rings (SSSR count). The average Bonchev–Trinajstić information content (AvgIpc) is 3.82. The number of halogens is 9. The Hall–Kier alpha value is -5.59. The first-order chi connectivity index (χ1) is 22.0. The summed E-state index contributed by atoms with van der Waals surface area (Å²) in [6.45, 7) is 0. The third-order valence-corrected chi connectivity index (χ3v) is 6.97. The average molecular weight is 665 g/mol. The van der Waals surface area contributed by atoms with Gasteiger partial charge in [-0.25, -0.2) is 14.0 Å². The maximum Gasteiger partial charge on any atom is 0.416 e. The lowest BCUT2D eigenvalue weighted by atomic mass is 9.93. The zero-order valence-electron chi connectivity index (χ0n) is 23.0. The zero-order chi connectivity index (χ0) is 33.8. The van der Waals surface area contributed by atoms with Crippen molar-refractivity contribution in [3.63, 3.8) is 0 Å². The molecule has 0 amide bonds. The highest BCUT2D eigenvalue weighted by molar-refractivity contribution is 5.42. The molecule has 0 aliphatic heterocycles. The van der Waals surface area contributed by atoms with E-state index in [1.165, 1.54) is 0 Å². The number of rotatable bonds is 6. The normalized spacial score (nSPS) is 12.9. The summed E-state index contributed by atoms with van der Waals surface area (Å²) in [7, 11) is 0. The summed E-state index contributed by atoms with van der Waals surface area (Å²) in [6, 6.07) is 11.6. The van der Waals surface area contributed by atoms with Crippen LogP contribution in [0, 0.1) is 0 Å². The highest BCUT2D eigenvalue weighted by Crippen LogP contribution is 2.36. The Kier molecular flexibility index (Phi) is 7.37. The fourth-order valence-electron chi connectivity index (χ4n) is 4.47. The molecule has 0 radical (unpaired) electrons. The first-order valence-electron chi connectivity index (χ1n) is 13.1. The van der Waals surface area contributed by atoms with Gasteiger partial charge in [-0.2, -0.15) is 39.5 Å². The molecule has 0 fully saturated rings. The number of hydrogen-bond acceptors (Lipinski definition) is 7. The van der Waals surface area contributed by atoms with Gasteiger partial charge in [-0.1, -0.05) is 15.6 Å². The van der Waals surface area contributed by atoms with E-state index in [0.717, 1.165) is 105 Å². The van der Waals surface area contributed by atoms with Gasteiger partial charge in [0.25, 0.3) is 0 Å². The predicted molar refractivity (Wildman–Crippen MR) is 141 cm³/mol. The molecule has 3 aromatic heterocycles. The van der Waals surface area contributed by atoms with Crippen molar-refractivity contribution in [2.24, 2.45) is 0 Å². The molecule has 0 aliphatic rings. The maximum atomic E-state index is 13.1. The van der Waals surface area contributed by atoms with Crippen LogP contribution in [0.4, 0.5) is 39.5 Å². The third-order valence-electron chi connectivity index (χ3n) is 6.97. The Labute approximate surface area is 256 Å². The molecule has 242 valence electrons. The second-order valence-electron chi connectivity index (χ2n) is 9.99. The summed E-state index contributed by atoms with van der Waals surface area (Å²) in [5, 5.41) is 35.7. The summed E-state index contributed by atoms with van der Waals surface area (Å²) in [4.78, 5) is 0. The molecule has 0 aliphatic carbocycles. The molecule has 3 aromatic carbocycles. The molecule has 47 heavy (non-hydrogen) atoms. The Balaban J connectivity index is 1.41. The van der Waals surface area contributed by atoms with Crippen LogP contribution < -0.4 is 0 Å². The first-order valence-corrected chi connectivity index (χ1v) is 13.1. The minimum atomic E-state index is -4.59. The van der Waals surface area contributed by atoms with Crippen molar-refractivity contribution in [1.29, 1.82) is 0 Å². The van der Waals surface area contributed by atoms with E-state index in [1.54, 1.807) is 0 Å². The van der Waals surface area contributed by atoms with Crippen molar-refractivity contribution >= 4 is 0 Å². The predicted octanol–water partition coefficient (Wildman–Crippen LogP) is 5.77. The van der Waals surface area contributed by atoms with Crippen LogP contribution in [0.1, 0.15) is 33.8 Å². The van der Waals surface area contributed by atoms with Crippen LogP contribution in [0.2, 0.25) is 0 Å². The van der Waals surface area contributed by atoms with E-state index < -0.39 is 40.8 Å². The zero-order valence-corrected chi connectivity index (χ0v) is 23.0. The van der Waals surface area contributed by atoms with Gasteiger partial charge < -0.3 is 5.11 Å². The van der Waals surface area contributed by atoms with Gasteiger partial charge in [0.05, 0.1) is 52.3 Å². The third kappa shape index (κ3) is 6.03. The van der Waals surface area contributed by atoms with Crippen LogP contribution in [0.3, 0.4) is 0 Å². The molecule has 6 aromatic rings. The number of benzene rings is 3. The van der Waals surface area contributed by atoms with Crippen molar-refractivity contribution in [2.45, 2.75) is 24.1 Å². The smallest absolute Gasteiger partial charge is 0.372 e. The molecule has 0 spiro atoms. The molecule has 1 N–H and O–H groups in total. The highest BCUT2D eigenvalue weighted by atomic mass is 19.4. The van der Waals surface area contributed by atoms with Crippen LogP contribution >= 0.6 is 0 Å². The van der Waals surface area contributed by atoms with Crippen LogP contribution in [0.15, 0.2) is 91.4 Å². The quantitative estimate of drug-likeness (QED) is 0.225. The number of aromatic nitrogens is 9. The largest absolute Gasteiger partial charge is 0.416 e. The number of alkyl halides is 9. The van der Waals surface area contributed by atoms with E-state index in [-0.39, 0.29) is 34.1 Å². The second-order valence-corrected chi connectivity index (χ2v) is 9.99. The summed E-state index contributed by atoms with van der Waals surface area (Å²) in [6.07, 6.45) is -10.3. The van der Waals surface area contributed by atoms with Gasteiger partial charge in [0.15, 0.2) is 0 Å². The van der Waals surface area contributed by atoms with Gasteiger partial charge in [-0.15, -0.1) is 15.3 Å². The monoisotopic (exact) mass is 665 g/mol. The lowest BCUT2D eigenvalue weighted by Gasteiger charge is -2.20. The molecule has 19 heteroatoms. The summed E-state index contributed by atoms with van der Waals surface area (Å²) in [5.41, 5.74) is -5.67. The Morgan fingerprint density at radius 3 is 0.851 bits per heavy atom.